The van der Waals surface area contributed by atoms with Crippen LogP contribution >= 0.6 is 0 Å². The van der Waals surface area contributed by atoms with Gasteiger partial charge in [-0.05, 0) is 38.4 Å². The van der Waals surface area contributed by atoms with Crippen LogP contribution in [0.2, 0.25) is 0 Å². The van der Waals surface area contributed by atoms with Gasteiger partial charge in [-0.15, -0.1) is 0 Å². The molecule has 1 aromatic carbocycles. The van der Waals surface area contributed by atoms with Gasteiger partial charge in [-0.1, -0.05) is 25.1 Å². The second kappa shape index (κ2) is 8.47. The lowest BCUT2D eigenvalue weighted by molar-refractivity contribution is 0.0547. The van der Waals surface area contributed by atoms with Crippen molar-refractivity contribution in [2.45, 2.75) is 25.8 Å². The highest BCUT2D eigenvalue weighted by Crippen LogP contribution is 2.20. The number of nitrogens with one attached hydrogen (secondary N) is 1. The number of likely N-dealkylation sites (N-methyl/N-ethyl adjacent to an activating group) is 2. The lowest BCUT2D eigenvalue weighted by atomic mass is 9.99. The summed E-state index contributed by atoms with van der Waals surface area (Å²) >= 11 is 0. The number of benzene rings is 1. The van der Waals surface area contributed by atoms with Gasteiger partial charge in [0.1, 0.15) is 5.82 Å². The van der Waals surface area contributed by atoms with E-state index in [9.17, 15) is 4.39 Å². The van der Waals surface area contributed by atoms with Gasteiger partial charge in [-0.25, -0.2) is 4.39 Å². The van der Waals surface area contributed by atoms with E-state index in [1.54, 1.807) is 6.07 Å². The summed E-state index contributed by atoms with van der Waals surface area (Å²) in [6.45, 7) is 6.53. The highest BCUT2D eigenvalue weighted by Gasteiger charge is 2.20. The summed E-state index contributed by atoms with van der Waals surface area (Å²) < 4.78 is 19.4. The van der Waals surface area contributed by atoms with Gasteiger partial charge in [0.2, 0.25) is 0 Å². The average molecular weight is 294 g/mol. The molecule has 1 N–H and O–H groups in total. The van der Waals surface area contributed by atoms with E-state index in [2.05, 4.69) is 24.2 Å². The smallest absolute Gasteiger partial charge is 0.128 e. The minimum absolute atomic E-state index is 0.0426. The zero-order valence-corrected chi connectivity index (χ0v) is 13.1. The predicted molar refractivity (Wildman–Crippen MR) is 83.9 cm³/mol. The van der Waals surface area contributed by atoms with Gasteiger partial charge < -0.3 is 15.0 Å². The summed E-state index contributed by atoms with van der Waals surface area (Å²) in [6.07, 6.45) is 2.27. The van der Waals surface area contributed by atoms with Crippen molar-refractivity contribution in [3.63, 3.8) is 0 Å². The molecule has 1 aliphatic heterocycles. The number of rotatable bonds is 7. The molecular weight excluding hydrogens is 267 g/mol. The Morgan fingerprint density at radius 3 is 2.71 bits per heavy atom. The predicted octanol–water partition coefficient (Wildman–Crippen LogP) is 2.83. The van der Waals surface area contributed by atoms with Gasteiger partial charge in [0.25, 0.3) is 0 Å². The van der Waals surface area contributed by atoms with E-state index < -0.39 is 0 Å². The number of hydrogen-bond acceptors (Lipinski definition) is 3. The lowest BCUT2D eigenvalue weighted by Crippen LogP contribution is -2.37. The Morgan fingerprint density at radius 2 is 2.05 bits per heavy atom. The van der Waals surface area contributed by atoms with E-state index >= 15 is 0 Å². The van der Waals surface area contributed by atoms with Gasteiger partial charge in [-0.3, -0.25) is 0 Å². The minimum atomic E-state index is -0.122. The molecule has 0 radical (unpaired) electrons. The van der Waals surface area contributed by atoms with E-state index in [1.807, 2.05) is 12.1 Å². The van der Waals surface area contributed by atoms with Crippen LogP contribution in [0.5, 0.6) is 0 Å². The lowest BCUT2D eigenvalue weighted by Gasteiger charge is -2.30. The highest BCUT2D eigenvalue weighted by molar-refractivity contribution is 5.21. The molecule has 1 saturated heterocycles. The van der Waals surface area contributed by atoms with Crippen LogP contribution in [0.4, 0.5) is 4.39 Å². The van der Waals surface area contributed by atoms with Crippen LogP contribution in [-0.2, 0) is 4.74 Å². The molecule has 4 heteroatoms. The molecule has 1 atom stereocenters. The van der Waals surface area contributed by atoms with Crippen LogP contribution in [-0.4, -0.2) is 44.8 Å². The van der Waals surface area contributed by atoms with Crippen molar-refractivity contribution >= 4 is 0 Å². The summed E-state index contributed by atoms with van der Waals surface area (Å²) in [6, 6.07) is 7.11. The quantitative estimate of drug-likeness (QED) is 0.837. The first-order valence-electron chi connectivity index (χ1n) is 7.94. The Bertz CT molecular complexity index is 421. The van der Waals surface area contributed by atoms with E-state index in [0.717, 1.165) is 51.3 Å². The van der Waals surface area contributed by atoms with E-state index in [1.165, 1.54) is 6.07 Å². The summed E-state index contributed by atoms with van der Waals surface area (Å²) in [5, 5.41) is 3.40. The molecule has 0 aliphatic carbocycles. The van der Waals surface area contributed by atoms with E-state index in [4.69, 9.17) is 4.74 Å². The molecule has 1 fully saturated rings. The molecular formula is C17H27FN2O. The van der Waals surface area contributed by atoms with Crippen LogP contribution < -0.4 is 5.32 Å². The SMILES string of the molecule is CCNC(CN(C)CC1CCOCC1)c1ccccc1F. The standard InChI is InChI=1S/C17H27FN2O/c1-3-19-17(15-6-4-5-7-16(15)18)13-20(2)12-14-8-10-21-11-9-14/h4-7,14,17,19H,3,8-13H2,1-2H3. The Morgan fingerprint density at radius 1 is 1.33 bits per heavy atom. The third-order valence-electron chi connectivity index (χ3n) is 4.14. The van der Waals surface area contributed by atoms with Crippen molar-refractivity contribution in [2.24, 2.45) is 5.92 Å². The Labute approximate surface area is 127 Å². The fourth-order valence-corrected chi connectivity index (χ4v) is 3.03. The molecule has 0 saturated carbocycles. The molecule has 21 heavy (non-hydrogen) atoms. The third-order valence-corrected chi connectivity index (χ3v) is 4.14. The van der Waals surface area contributed by atoms with E-state index in [0.29, 0.717) is 5.92 Å². The van der Waals surface area contributed by atoms with Gasteiger partial charge in [-0.2, -0.15) is 0 Å². The Hall–Kier alpha value is -0.970. The van der Waals surface area contributed by atoms with Gasteiger partial charge in [0.05, 0.1) is 0 Å². The molecule has 118 valence electrons. The average Bonchev–Trinajstić information content (AvgIpc) is 2.48. The van der Waals surface area contributed by atoms with Crippen molar-refractivity contribution < 1.29 is 9.13 Å². The maximum atomic E-state index is 14.0. The molecule has 2 rings (SSSR count). The monoisotopic (exact) mass is 294 g/mol. The molecule has 1 aliphatic rings. The summed E-state index contributed by atoms with van der Waals surface area (Å²) in [5.74, 6) is 0.578. The Kier molecular flexibility index (Phi) is 6.61. The van der Waals surface area contributed by atoms with E-state index in [-0.39, 0.29) is 11.9 Å². The van der Waals surface area contributed by atoms with Crippen molar-refractivity contribution in [1.82, 2.24) is 10.2 Å². The van der Waals surface area contributed by atoms with Crippen LogP contribution in [0.1, 0.15) is 31.4 Å². The number of hydrogen-bond donors (Lipinski definition) is 1. The highest BCUT2D eigenvalue weighted by atomic mass is 19.1. The number of ether oxygens (including phenoxy) is 1. The molecule has 1 aromatic rings. The fraction of sp³-hybridized carbons (Fsp3) is 0.647. The van der Waals surface area contributed by atoms with Crippen LogP contribution in [0.25, 0.3) is 0 Å². The molecule has 0 amide bonds. The van der Waals surface area contributed by atoms with Crippen LogP contribution in [0.3, 0.4) is 0 Å². The number of nitrogens with zero attached hydrogens (tertiary/aromatic N) is 1. The first kappa shape index (κ1) is 16.4. The second-order valence-corrected chi connectivity index (χ2v) is 5.91. The van der Waals surface area contributed by atoms with Gasteiger partial charge in [0, 0.05) is 37.9 Å². The zero-order valence-electron chi connectivity index (χ0n) is 13.1. The molecule has 0 spiro atoms. The molecule has 3 nitrogen and oxygen atoms in total. The number of halogens is 1. The topological polar surface area (TPSA) is 24.5 Å². The molecule has 1 heterocycles. The largest absolute Gasteiger partial charge is 0.381 e. The maximum Gasteiger partial charge on any atom is 0.128 e. The summed E-state index contributed by atoms with van der Waals surface area (Å²) in [5.41, 5.74) is 0.762. The summed E-state index contributed by atoms with van der Waals surface area (Å²) in [4.78, 5) is 2.32. The Balaban J connectivity index is 1.94. The van der Waals surface area contributed by atoms with Crippen LogP contribution in [0.15, 0.2) is 24.3 Å². The third kappa shape index (κ3) is 5.06. The van der Waals surface area contributed by atoms with Crippen molar-refractivity contribution in [3.05, 3.63) is 35.6 Å². The van der Waals surface area contributed by atoms with Crippen LogP contribution in [0, 0.1) is 11.7 Å². The van der Waals surface area contributed by atoms with Crippen molar-refractivity contribution in [2.75, 3.05) is 39.9 Å². The molecule has 0 bridgehead atoms. The molecule has 0 aromatic heterocycles. The van der Waals surface area contributed by atoms with Gasteiger partial charge in [0.15, 0.2) is 0 Å². The minimum Gasteiger partial charge on any atom is -0.381 e. The maximum absolute atomic E-state index is 14.0. The van der Waals surface area contributed by atoms with Crippen molar-refractivity contribution in [3.8, 4) is 0 Å². The molecule has 1 unspecified atom stereocenters. The normalized spacial score (nSPS) is 18.1. The second-order valence-electron chi connectivity index (χ2n) is 5.91. The fourth-order valence-electron chi connectivity index (χ4n) is 3.03. The first-order chi connectivity index (χ1) is 10.2. The van der Waals surface area contributed by atoms with Gasteiger partial charge >= 0.3 is 0 Å². The first-order valence-corrected chi connectivity index (χ1v) is 7.94. The zero-order chi connectivity index (χ0) is 15.1. The van der Waals surface area contributed by atoms with Crippen molar-refractivity contribution in [1.29, 1.82) is 0 Å². The summed E-state index contributed by atoms with van der Waals surface area (Å²) in [7, 11) is 2.13.